The summed E-state index contributed by atoms with van der Waals surface area (Å²) in [4.78, 5) is 29.7. The number of hydrogen-bond donors (Lipinski definition) is 1. The SMILES string of the molecule is CO/N=C1/C[C@H]2[C@@H]3CCC(=O)[C@@]3(C)CC[C@@H]2[C@@]2(C)CCC(=O)C[C@]12O. The molecule has 0 aliphatic heterocycles. The average molecular weight is 347 g/mol. The van der Waals surface area contributed by atoms with E-state index in [1.807, 2.05) is 0 Å². The Bertz CT molecular complexity index is 658. The van der Waals surface area contributed by atoms with E-state index in [2.05, 4.69) is 19.0 Å². The van der Waals surface area contributed by atoms with Crippen LogP contribution in [0.3, 0.4) is 0 Å². The van der Waals surface area contributed by atoms with Crippen LogP contribution >= 0.6 is 0 Å². The molecule has 138 valence electrons. The van der Waals surface area contributed by atoms with Crippen LogP contribution in [0.15, 0.2) is 5.16 Å². The van der Waals surface area contributed by atoms with Crippen LogP contribution in [0.1, 0.15) is 65.2 Å². The minimum Gasteiger partial charge on any atom is -0.399 e. The lowest BCUT2D eigenvalue weighted by molar-refractivity contribution is -0.162. The molecule has 0 unspecified atom stereocenters. The summed E-state index contributed by atoms with van der Waals surface area (Å²) in [7, 11) is 1.49. The first kappa shape index (κ1) is 17.2. The Hall–Kier alpha value is -1.23. The molecule has 6 atom stereocenters. The van der Waals surface area contributed by atoms with Gasteiger partial charge in [0.15, 0.2) is 0 Å². The molecular weight excluding hydrogens is 318 g/mol. The van der Waals surface area contributed by atoms with Gasteiger partial charge in [0.05, 0.1) is 5.71 Å². The fourth-order valence-electron chi connectivity index (χ4n) is 6.85. The number of carbonyl (C=O) groups is 2. The Kier molecular flexibility index (Phi) is 3.70. The molecule has 5 nitrogen and oxygen atoms in total. The maximum atomic E-state index is 12.5. The van der Waals surface area contributed by atoms with Crippen molar-refractivity contribution in [2.24, 2.45) is 33.7 Å². The summed E-state index contributed by atoms with van der Waals surface area (Å²) >= 11 is 0. The summed E-state index contributed by atoms with van der Waals surface area (Å²) in [6.07, 6.45) is 5.52. The standard InChI is InChI=1S/C20H29NO4/c1-18-8-7-15-13(14(18)4-5-17(18)23)10-16(21-25-3)20(24)11-12(22)6-9-19(15,20)2/h13-15,24H,4-11H2,1-3H3/b21-16-/t13-,14-,15-,18-,19+,20-/m0/s1. The van der Waals surface area contributed by atoms with Gasteiger partial charge in [-0.15, -0.1) is 0 Å². The van der Waals surface area contributed by atoms with E-state index < -0.39 is 5.60 Å². The van der Waals surface area contributed by atoms with Gasteiger partial charge in [0.25, 0.3) is 0 Å². The number of aliphatic hydroxyl groups is 1. The lowest BCUT2D eigenvalue weighted by Gasteiger charge is -2.62. The molecule has 4 aliphatic carbocycles. The first-order valence-electron chi connectivity index (χ1n) is 9.64. The van der Waals surface area contributed by atoms with E-state index in [-0.39, 0.29) is 23.0 Å². The number of carbonyl (C=O) groups excluding carboxylic acids is 2. The van der Waals surface area contributed by atoms with Crippen molar-refractivity contribution < 1.29 is 19.5 Å². The third-order valence-corrected chi connectivity index (χ3v) is 8.39. The fraction of sp³-hybridized carbons (Fsp3) is 0.850. The normalized spacial score (nSPS) is 51.0. The molecule has 0 radical (unpaired) electrons. The number of Topliss-reactive ketones (excluding diaryl/α,β-unsaturated/α-hetero) is 2. The number of nitrogens with zero attached hydrogens (tertiary/aromatic N) is 1. The van der Waals surface area contributed by atoms with E-state index in [9.17, 15) is 14.7 Å². The first-order chi connectivity index (χ1) is 11.8. The second kappa shape index (κ2) is 5.38. The zero-order valence-corrected chi connectivity index (χ0v) is 15.5. The summed E-state index contributed by atoms with van der Waals surface area (Å²) in [6, 6.07) is 0. The van der Waals surface area contributed by atoms with Crippen LogP contribution in [0, 0.1) is 28.6 Å². The van der Waals surface area contributed by atoms with Crippen molar-refractivity contribution in [2.75, 3.05) is 7.11 Å². The minimum atomic E-state index is -1.20. The van der Waals surface area contributed by atoms with E-state index in [4.69, 9.17) is 4.84 Å². The van der Waals surface area contributed by atoms with Gasteiger partial charge in [0, 0.05) is 30.1 Å². The third kappa shape index (κ3) is 2.08. The molecular formula is C20H29NO4. The largest absolute Gasteiger partial charge is 0.399 e. The Morgan fingerprint density at radius 2 is 1.88 bits per heavy atom. The molecule has 0 aromatic rings. The molecule has 0 bridgehead atoms. The maximum absolute atomic E-state index is 12.5. The summed E-state index contributed by atoms with van der Waals surface area (Å²) in [5.74, 6) is 1.56. The summed E-state index contributed by atoms with van der Waals surface area (Å²) in [5, 5.41) is 15.8. The smallest absolute Gasteiger partial charge is 0.139 e. The van der Waals surface area contributed by atoms with Crippen molar-refractivity contribution in [3.8, 4) is 0 Å². The van der Waals surface area contributed by atoms with Crippen LogP contribution in [0.5, 0.6) is 0 Å². The molecule has 5 heteroatoms. The van der Waals surface area contributed by atoms with Crippen molar-refractivity contribution in [1.82, 2.24) is 0 Å². The van der Waals surface area contributed by atoms with Crippen molar-refractivity contribution in [1.29, 1.82) is 0 Å². The average Bonchev–Trinajstić information content (AvgIpc) is 2.86. The molecule has 0 saturated heterocycles. The van der Waals surface area contributed by atoms with Crippen LogP contribution in [0.4, 0.5) is 0 Å². The van der Waals surface area contributed by atoms with Crippen LogP contribution < -0.4 is 0 Å². The van der Waals surface area contributed by atoms with Crippen LogP contribution in [-0.2, 0) is 14.4 Å². The molecule has 0 amide bonds. The van der Waals surface area contributed by atoms with Gasteiger partial charge in [-0.3, -0.25) is 9.59 Å². The fourth-order valence-corrected chi connectivity index (χ4v) is 6.85. The van der Waals surface area contributed by atoms with Gasteiger partial charge in [0.2, 0.25) is 0 Å². The van der Waals surface area contributed by atoms with Gasteiger partial charge >= 0.3 is 0 Å². The second-order valence-corrected chi connectivity index (χ2v) is 9.21. The number of fused-ring (bicyclic) bond motifs is 5. The molecule has 25 heavy (non-hydrogen) atoms. The molecule has 4 fully saturated rings. The number of oxime groups is 1. The number of rotatable bonds is 1. The topological polar surface area (TPSA) is 76.0 Å². The van der Waals surface area contributed by atoms with E-state index >= 15 is 0 Å². The van der Waals surface area contributed by atoms with Crippen molar-refractivity contribution in [3.63, 3.8) is 0 Å². The van der Waals surface area contributed by atoms with Gasteiger partial charge in [0.1, 0.15) is 24.3 Å². The van der Waals surface area contributed by atoms with Crippen LogP contribution in [0.25, 0.3) is 0 Å². The molecule has 0 spiro atoms. The number of hydrogen-bond acceptors (Lipinski definition) is 5. The molecule has 4 aliphatic rings. The molecule has 0 heterocycles. The monoisotopic (exact) mass is 347 g/mol. The highest BCUT2D eigenvalue weighted by atomic mass is 16.6. The Morgan fingerprint density at radius 3 is 2.60 bits per heavy atom. The van der Waals surface area contributed by atoms with E-state index in [0.29, 0.717) is 54.9 Å². The zero-order chi connectivity index (χ0) is 18.0. The third-order valence-electron chi connectivity index (χ3n) is 8.39. The summed E-state index contributed by atoms with van der Waals surface area (Å²) < 4.78 is 0. The predicted molar refractivity (Wildman–Crippen MR) is 93.0 cm³/mol. The summed E-state index contributed by atoms with van der Waals surface area (Å²) in [6.45, 7) is 4.28. The van der Waals surface area contributed by atoms with Crippen LogP contribution in [-0.4, -0.2) is 35.1 Å². The van der Waals surface area contributed by atoms with Gasteiger partial charge in [-0.05, 0) is 49.9 Å². The number of ketones is 2. The molecule has 4 saturated carbocycles. The molecule has 1 N–H and O–H groups in total. The predicted octanol–water partition coefficient (Wildman–Crippen LogP) is 2.89. The Balaban J connectivity index is 1.79. The van der Waals surface area contributed by atoms with Crippen molar-refractivity contribution >= 4 is 17.3 Å². The highest BCUT2D eigenvalue weighted by Gasteiger charge is 2.67. The lowest BCUT2D eigenvalue weighted by Crippen LogP contribution is -2.66. The molecule has 4 rings (SSSR count). The van der Waals surface area contributed by atoms with Crippen LogP contribution in [0.2, 0.25) is 0 Å². The molecule has 0 aromatic heterocycles. The van der Waals surface area contributed by atoms with Crippen molar-refractivity contribution in [3.05, 3.63) is 0 Å². The molecule has 0 aromatic carbocycles. The van der Waals surface area contributed by atoms with Gasteiger partial charge < -0.3 is 9.94 Å². The Labute approximate surface area is 149 Å². The van der Waals surface area contributed by atoms with Gasteiger partial charge in [-0.2, -0.15) is 0 Å². The highest BCUT2D eigenvalue weighted by Crippen LogP contribution is 2.65. The second-order valence-electron chi connectivity index (χ2n) is 9.21. The van der Waals surface area contributed by atoms with Gasteiger partial charge in [-0.25, -0.2) is 0 Å². The van der Waals surface area contributed by atoms with E-state index in [1.165, 1.54) is 7.11 Å². The minimum absolute atomic E-state index is 0.110. The Morgan fingerprint density at radius 1 is 1.12 bits per heavy atom. The van der Waals surface area contributed by atoms with E-state index in [0.717, 1.165) is 19.3 Å². The zero-order valence-electron chi connectivity index (χ0n) is 15.5. The quantitative estimate of drug-likeness (QED) is 0.740. The first-order valence-corrected chi connectivity index (χ1v) is 9.64. The van der Waals surface area contributed by atoms with Crippen molar-refractivity contribution in [2.45, 2.75) is 70.8 Å². The highest BCUT2D eigenvalue weighted by molar-refractivity contribution is 5.99. The lowest BCUT2D eigenvalue weighted by atomic mass is 9.43. The van der Waals surface area contributed by atoms with E-state index in [1.54, 1.807) is 0 Å². The van der Waals surface area contributed by atoms with Gasteiger partial charge in [-0.1, -0.05) is 19.0 Å². The summed E-state index contributed by atoms with van der Waals surface area (Å²) in [5.41, 5.74) is -1.16. The maximum Gasteiger partial charge on any atom is 0.139 e.